The third-order valence-corrected chi connectivity index (χ3v) is 4.73. The molecular weight excluding hydrogens is 234 g/mol. The van der Waals surface area contributed by atoms with Crippen molar-refractivity contribution in [2.75, 3.05) is 13.2 Å². The van der Waals surface area contributed by atoms with Crippen LogP contribution in [0.15, 0.2) is 18.2 Å². The molecule has 1 aromatic rings. The van der Waals surface area contributed by atoms with Gasteiger partial charge in [0.1, 0.15) is 5.75 Å². The van der Waals surface area contributed by atoms with Crippen LogP contribution in [0.4, 0.5) is 0 Å². The average molecular weight is 259 g/mol. The minimum absolute atomic E-state index is 0.397. The molecule has 1 aliphatic carbocycles. The second-order valence-corrected chi connectivity index (χ2v) is 6.48. The van der Waals surface area contributed by atoms with Gasteiger partial charge in [0.15, 0.2) is 0 Å². The molecule has 1 aromatic carbocycles. The molecule has 1 N–H and O–H groups in total. The van der Waals surface area contributed by atoms with Gasteiger partial charge in [0, 0.05) is 12.0 Å². The van der Waals surface area contributed by atoms with Gasteiger partial charge >= 0.3 is 0 Å². The Labute approximate surface area is 116 Å². The van der Waals surface area contributed by atoms with E-state index in [1.54, 1.807) is 0 Å². The molecule has 0 radical (unpaired) electrons. The molecule has 1 heterocycles. The molecule has 1 aliphatic heterocycles. The van der Waals surface area contributed by atoms with Crippen LogP contribution in [0.1, 0.15) is 50.2 Å². The fourth-order valence-corrected chi connectivity index (χ4v) is 3.43. The fraction of sp³-hybridized carbons (Fsp3) is 0.647. The molecule has 0 unspecified atom stereocenters. The SMILES string of the molecule is CC1(COc2cccc3c2CCNC3)CCCCC1. The van der Waals surface area contributed by atoms with Crippen LogP contribution in [-0.4, -0.2) is 13.2 Å². The van der Waals surface area contributed by atoms with Crippen molar-refractivity contribution >= 4 is 0 Å². The van der Waals surface area contributed by atoms with Crippen LogP contribution in [0.5, 0.6) is 5.75 Å². The number of nitrogens with one attached hydrogen (secondary N) is 1. The Morgan fingerprint density at radius 3 is 2.89 bits per heavy atom. The normalized spacial score (nSPS) is 21.7. The van der Waals surface area contributed by atoms with E-state index in [9.17, 15) is 0 Å². The van der Waals surface area contributed by atoms with Gasteiger partial charge in [-0.2, -0.15) is 0 Å². The second-order valence-electron chi connectivity index (χ2n) is 6.48. The zero-order valence-electron chi connectivity index (χ0n) is 12.0. The van der Waals surface area contributed by atoms with E-state index < -0.39 is 0 Å². The highest BCUT2D eigenvalue weighted by atomic mass is 16.5. The summed E-state index contributed by atoms with van der Waals surface area (Å²) in [5.41, 5.74) is 3.24. The molecule has 0 spiro atoms. The molecule has 2 aliphatic rings. The summed E-state index contributed by atoms with van der Waals surface area (Å²) in [7, 11) is 0. The quantitative estimate of drug-likeness (QED) is 0.894. The summed E-state index contributed by atoms with van der Waals surface area (Å²) in [4.78, 5) is 0. The summed E-state index contributed by atoms with van der Waals surface area (Å²) in [5.74, 6) is 1.13. The van der Waals surface area contributed by atoms with Gasteiger partial charge in [-0.1, -0.05) is 38.3 Å². The highest BCUT2D eigenvalue weighted by molar-refractivity contribution is 5.41. The van der Waals surface area contributed by atoms with Crippen molar-refractivity contribution in [2.45, 2.75) is 52.0 Å². The van der Waals surface area contributed by atoms with Crippen molar-refractivity contribution in [3.8, 4) is 5.75 Å². The molecule has 2 heteroatoms. The van der Waals surface area contributed by atoms with Crippen LogP contribution in [0, 0.1) is 5.41 Å². The number of benzene rings is 1. The van der Waals surface area contributed by atoms with E-state index in [1.807, 2.05) is 0 Å². The molecular formula is C17H25NO. The first kappa shape index (κ1) is 13.0. The van der Waals surface area contributed by atoms with Crippen LogP contribution in [0.3, 0.4) is 0 Å². The zero-order chi connectivity index (χ0) is 13.1. The van der Waals surface area contributed by atoms with E-state index >= 15 is 0 Å². The highest BCUT2D eigenvalue weighted by Gasteiger charge is 2.28. The third-order valence-electron chi connectivity index (χ3n) is 4.73. The van der Waals surface area contributed by atoms with Gasteiger partial charge < -0.3 is 10.1 Å². The molecule has 0 amide bonds. The molecule has 0 atom stereocenters. The molecule has 0 bridgehead atoms. The predicted octanol–water partition coefficient (Wildman–Crippen LogP) is 3.68. The van der Waals surface area contributed by atoms with E-state index in [4.69, 9.17) is 4.74 Å². The number of fused-ring (bicyclic) bond motifs is 1. The maximum absolute atomic E-state index is 6.22. The molecule has 1 fully saturated rings. The largest absolute Gasteiger partial charge is 0.493 e. The average Bonchev–Trinajstić information content (AvgIpc) is 2.46. The first-order chi connectivity index (χ1) is 9.27. The van der Waals surface area contributed by atoms with Crippen molar-refractivity contribution in [3.05, 3.63) is 29.3 Å². The van der Waals surface area contributed by atoms with Gasteiger partial charge in [0.2, 0.25) is 0 Å². The van der Waals surface area contributed by atoms with E-state index in [2.05, 4.69) is 30.4 Å². The van der Waals surface area contributed by atoms with Crippen molar-refractivity contribution in [1.82, 2.24) is 5.32 Å². The summed E-state index contributed by atoms with van der Waals surface area (Å²) in [6, 6.07) is 6.50. The fourth-order valence-electron chi connectivity index (χ4n) is 3.43. The predicted molar refractivity (Wildman–Crippen MR) is 78.5 cm³/mol. The van der Waals surface area contributed by atoms with Crippen molar-refractivity contribution < 1.29 is 4.74 Å². The number of hydrogen-bond acceptors (Lipinski definition) is 2. The van der Waals surface area contributed by atoms with E-state index in [0.717, 1.165) is 31.9 Å². The molecule has 19 heavy (non-hydrogen) atoms. The first-order valence-electron chi connectivity index (χ1n) is 7.71. The van der Waals surface area contributed by atoms with Gasteiger partial charge in [-0.25, -0.2) is 0 Å². The summed E-state index contributed by atoms with van der Waals surface area (Å²) in [5, 5.41) is 3.43. The molecule has 0 saturated heterocycles. The van der Waals surface area contributed by atoms with Crippen LogP contribution in [0.25, 0.3) is 0 Å². The molecule has 1 saturated carbocycles. The van der Waals surface area contributed by atoms with Crippen LogP contribution < -0.4 is 10.1 Å². The minimum atomic E-state index is 0.397. The van der Waals surface area contributed by atoms with Crippen molar-refractivity contribution in [2.24, 2.45) is 5.41 Å². The maximum Gasteiger partial charge on any atom is 0.122 e. The number of rotatable bonds is 3. The maximum atomic E-state index is 6.22. The standard InChI is InChI=1S/C17H25NO/c1-17(9-3-2-4-10-17)13-19-16-7-5-6-14-12-18-11-8-15(14)16/h5-7,18H,2-4,8-13H2,1H3. The van der Waals surface area contributed by atoms with E-state index in [-0.39, 0.29) is 0 Å². The molecule has 3 rings (SSSR count). The highest BCUT2D eigenvalue weighted by Crippen LogP contribution is 2.37. The molecule has 104 valence electrons. The molecule has 2 nitrogen and oxygen atoms in total. The number of hydrogen-bond donors (Lipinski definition) is 1. The lowest BCUT2D eigenvalue weighted by atomic mass is 9.76. The summed E-state index contributed by atoms with van der Waals surface area (Å²) in [6.07, 6.45) is 7.89. The van der Waals surface area contributed by atoms with E-state index in [1.165, 1.54) is 43.2 Å². The van der Waals surface area contributed by atoms with Gasteiger partial charge in [0.05, 0.1) is 6.61 Å². The topological polar surface area (TPSA) is 21.3 Å². The minimum Gasteiger partial charge on any atom is -0.493 e. The van der Waals surface area contributed by atoms with Crippen molar-refractivity contribution in [1.29, 1.82) is 0 Å². The van der Waals surface area contributed by atoms with Crippen LogP contribution in [-0.2, 0) is 13.0 Å². The Morgan fingerprint density at radius 1 is 1.21 bits per heavy atom. The lowest BCUT2D eigenvalue weighted by Gasteiger charge is -2.33. The monoisotopic (exact) mass is 259 g/mol. The number of ether oxygens (including phenoxy) is 1. The van der Waals surface area contributed by atoms with Gasteiger partial charge in [-0.05, 0) is 43.0 Å². The smallest absolute Gasteiger partial charge is 0.122 e. The van der Waals surface area contributed by atoms with E-state index in [0.29, 0.717) is 5.41 Å². The van der Waals surface area contributed by atoms with Crippen molar-refractivity contribution in [3.63, 3.8) is 0 Å². The summed E-state index contributed by atoms with van der Waals surface area (Å²) in [6.45, 7) is 5.34. The Morgan fingerprint density at radius 2 is 2.05 bits per heavy atom. The van der Waals surface area contributed by atoms with Crippen LogP contribution in [0.2, 0.25) is 0 Å². The Kier molecular flexibility index (Phi) is 3.79. The van der Waals surface area contributed by atoms with Gasteiger partial charge in [0.25, 0.3) is 0 Å². The molecule has 0 aromatic heterocycles. The Hall–Kier alpha value is -1.02. The summed E-state index contributed by atoms with van der Waals surface area (Å²) >= 11 is 0. The summed E-state index contributed by atoms with van der Waals surface area (Å²) < 4.78 is 6.22. The van der Waals surface area contributed by atoms with Gasteiger partial charge in [-0.15, -0.1) is 0 Å². The Balaban J connectivity index is 1.69. The third kappa shape index (κ3) is 2.94. The zero-order valence-corrected chi connectivity index (χ0v) is 12.0. The second kappa shape index (κ2) is 5.54. The van der Waals surface area contributed by atoms with Crippen LogP contribution >= 0.6 is 0 Å². The lowest BCUT2D eigenvalue weighted by Crippen LogP contribution is -2.29. The first-order valence-corrected chi connectivity index (χ1v) is 7.71. The Bertz CT molecular complexity index is 435. The van der Waals surface area contributed by atoms with Gasteiger partial charge in [-0.3, -0.25) is 0 Å². The lowest BCUT2D eigenvalue weighted by molar-refractivity contribution is 0.115.